The van der Waals surface area contributed by atoms with Gasteiger partial charge in [0, 0.05) is 38.1 Å². The van der Waals surface area contributed by atoms with E-state index >= 15 is 0 Å². The van der Waals surface area contributed by atoms with E-state index in [0.29, 0.717) is 18.9 Å². The Morgan fingerprint density at radius 2 is 2.14 bits per heavy atom. The van der Waals surface area contributed by atoms with Crippen LogP contribution in [-0.4, -0.2) is 58.5 Å². The average molecular weight is 304 g/mol. The zero-order valence-corrected chi connectivity index (χ0v) is 12.5. The number of piperidine rings is 1. The highest BCUT2D eigenvalue weighted by Crippen LogP contribution is 2.24. The number of nitrogens with zero attached hydrogens (tertiary/aromatic N) is 4. The molecule has 0 saturated carbocycles. The first-order valence-corrected chi connectivity index (χ1v) is 7.49. The van der Waals surface area contributed by atoms with Crippen LogP contribution in [0.2, 0.25) is 0 Å². The number of anilines is 1. The number of primary amides is 1. The Kier molecular flexibility index (Phi) is 3.82. The van der Waals surface area contributed by atoms with Crippen molar-refractivity contribution in [3.05, 3.63) is 18.1 Å². The molecular formula is C14H20N6O2. The Morgan fingerprint density at radius 1 is 1.36 bits per heavy atom. The van der Waals surface area contributed by atoms with Crippen LogP contribution in [0.4, 0.5) is 10.6 Å². The highest BCUT2D eigenvalue weighted by molar-refractivity contribution is 5.95. The lowest BCUT2D eigenvalue weighted by Crippen LogP contribution is -2.49. The van der Waals surface area contributed by atoms with E-state index in [2.05, 4.69) is 15.3 Å². The fourth-order valence-electron chi connectivity index (χ4n) is 3.17. The summed E-state index contributed by atoms with van der Waals surface area (Å²) >= 11 is 0. The Hall–Kier alpha value is -2.38. The van der Waals surface area contributed by atoms with Crippen LogP contribution in [-0.2, 0) is 0 Å². The van der Waals surface area contributed by atoms with Gasteiger partial charge in [-0.1, -0.05) is 0 Å². The average Bonchev–Trinajstić information content (AvgIpc) is 2.86. The van der Waals surface area contributed by atoms with Gasteiger partial charge in [0.2, 0.25) is 0 Å². The van der Waals surface area contributed by atoms with Gasteiger partial charge in [-0.2, -0.15) is 0 Å². The summed E-state index contributed by atoms with van der Waals surface area (Å²) in [7, 11) is 0. The standard InChI is InChI=1S/C14H20N6O2/c1-9-7-20(14(22)18-9)10-3-2-6-19(8-10)13-11(12(15)21)16-4-5-17-13/h4-5,9-10H,2-3,6-8H2,1H3,(H2,15,21)(H,18,22). The van der Waals surface area contributed by atoms with Crippen LogP contribution in [0.15, 0.2) is 12.4 Å². The lowest BCUT2D eigenvalue weighted by Gasteiger charge is -2.37. The highest BCUT2D eigenvalue weighted by atomic mass is 16.2. The van der Waals surface area contributed by atoms with Gasteiger partial charge >= 0.3 is 6.03 Å². The molecule has 8 nitrogen and oxygen atoms in total. The molecule has 0 aromatic carbocycles. The van der Waals surface area contributed by atoms with Crippen LogP contribution < -0.4 is 16.0 Å². The second-order valence-electron chi connectivity index (χ2n) is 5.84. The first-order chi connectivity index (χ1) is 10.6. The molecule has 22 heavy (non-hydrogen) atoms. The molecule has 1 aromatic rings. The van der Waals surface area contributed by atoms with Crippen LogP contribution in [0.25, 0.3) is 0 Å². The van der Waals surface area contributed by atoms with Crippen LogP contribution in [0.5, 0.6) is 0 Å². The number of amides is 3. The molecule has 2 aliphatic rings. The van der Waals surface area contributed by atoms with E-state index in [0.717, 1.165) is 19.4 Å². The van der Waals surface area contributed by atoms with E-state index in [1.165, 1.54) is 6.20 Å². The molecule has 118 valence electrons. The molecule has 3 N–H and O–H groups in total. The molecule has 3 rings (SSSR count). The molecular weight excluding hydrogens is 284 g/mol. The van der Waals surface area contributed by atoms with Gasteiger partial charge in [-0.15, -0.1) is 0 Å². The number of nitrogens with one attached hydrogen (secondary N) is 1. The summed E-state index contributed by atoms with van der Waals surface area (Å²) < 4.78 is 0. The van der Waals surface area contributed by atoms with Crippen LogP contribution in [0.3, 0.4) is 0 Å². The first kappa shape index (κ1) is 14.6. The fourth-order valence-corrected chi connectivity index (χ4v) is 3.17. The number of aromatic nitrogens is 2. The van der Waals surface area contributed by atoms with Gasteiger partial charge in [-0.3, -0.25) is 4.79 Å². The van der Waals surface area contributed by atoms with Crippen molar-refractivity contribution in [3.63, 3.8) is 0 Å². The summed E-state index contributed by atoms with van der Waals surface area (Å²) in [5.74, 6) is -0.0786. The maximum Gasteiger partial charge on any atom is 0.318 e. The zero-order valence-electron chi connectivity index (χ0n) is 12.5. The summed E-state index contributed by atoms with van der Waals surface area (Å²) in [6, 6.07) is 0.260. The van der Waals surface area contributed by atoms with Gasteiger partial charge in [-0.25, -0.2) is 14.8 Å². The summed E-state index contributed by atoms with van der Waals surface area (Å²) in [6.07, 6.45) is 4.89. The molecule has 2 fully saturated rings. The number of urea groups is 1. The van der Waals surface area contributed by atoms with E-state index < -0.39 is 5.91 Å². The van der Waals surface area contributed by atoms with Crippen molar-refractivity contribution >= 4 is 17.8 Å². The van der Waals surface area contributed by atoms with Crippen molar-refractivity contribution in [2.75, 3.05) is 24.5 Å². The largest absolute Gasteiger partial charge is 0.364 e. The molecule has 1 aromatic heterocycles. The Labute approximate surface area is 128 Å². The SMILES string of the molecule is CC1CN(C2CCCN(c3nccnc3C(N)=O)C2)C(=O)N1. The third kappa shape index (κ3) is 2.68. The molecule has 8 heteroatoms. The predicted octanol–water partition coefficient (Wildman–Crippen LogP) is -0.0420. The molecule has 0 radical (unpaired) electrons. The minimum Gasteiger partial charge on any atom is -0.364 e. The predicted molar refractivity (Wildman–Crippen MR) is 80.5 cm³/mol. The summed E-state index contributed by atoms with van der Waals surface area (Å²) in [6.45, 7) is 4.12. The molecule has 2 saturated heterocycles. The lowest BCUT2D eigenvalue weighted by molar-refractivity contribution is 0.0995. The maximum atomic E-state index is 12.0. The van der Waals surface area contributed by atoms with E-state index in [1.807, 2.05) is 16.7 Å². The van der Waals surface area contributed by atoms with Crippen molar-refractivity contribution in [1.29, 1.82) is 0 Å². The molecule has 3 heterocycles. The third-order valence-electron chi connectivity index (χ3n) is 4.15. The van der Waals surface area contributed by atoms with Crippen molar-refractivity contribution < 1.29 is 9.59 Å². The topological polar surface area (TPSA) is 104 Å². The Balaban J connectivity index is 1.79. The molecule has 3 amide bonds. The normalized spacial score (nSPS) is 25.2. The zero-order chi connectivity index (χ0) is 15.7. The Bertz CT molecular complexity index is 592. The second-order valence-corrected chi connectivity index (χ2v) is 5.84. The van der Waals surface area contributed by atoms with Gasteiger partial charge in [0.25, 0.3) is 5.91 Å². The summed E-state index contributed by atoms with van der Waals surface area (Å²) in [4.78, 5) is 35.7. The number of rotatable bonds is 3. The van der Waals surface area contributed by atoms with Crippen molar-refractivity contribution in [2.45, 2.75) is 31.8 Å². The number of carbonyl (C=O) groups excluding carboxylic acids is 2. The first-order valence-electron chi connectivity index (χ1n) is 7.49. The smallest absolute Gasteiger partial charge is 0.318 e. The molecule has 0 spiro atoms. The number of hydrogen-bond donors (Lipinski definition) is 2. The van der Waals surface area contributed by atoms with E-state index in [1.54, 1.807) is 6.20 Å². The van der Waals surface area contributed by atoms with Crippen molar-refractivity contribution in [1.82, 2.24) is 20.2 Å². The quantitative estimate of drug-likeness (QED) is 0.815. The van der Waals surface area contributed by atoms with Gasteiger partial charge < -0.3 is 20.9 Å². The molecule has 0 aliphatic carbocycles. The van der Waals surface area contributed by atoms with Crippen LogP contribution >= 0.6 is 0 Å². The second kappa shape index (κ2) is 5.78. The van der Waals surface area contributed by atoms with Crippen LogP contribution in [0.1, 0.15) is 30.3 Å². The summed E-state index contributed by atoms with van der Waals surface area (Å²) in [5.41, 5.74) is 5.56. The van der Waals surface area contributed by atoms with Crippen molar-refractivity contribution in [3.8, 4) is 0 Å². The lowest BCUT2D eigenvalue weighted by atomic mass is 10.0. The van der Waals surface area contributed by atoms with E-state index in [4.69, 9.17) is 5.73 Å². The number of carbonyl (C=O) groups is 2. The van der Waals surface area contributed by atoms with E-state index in [9.17, 15) is 9.59 Å². The highest BCUT2D eigenvalue weighted by Gasteiger charge is 2.35. The Morgan fingerprint density at radius 3 is 2.82 bits per heavy atom. The van der Waals surface area contributed by atoms with Gasteiger partial charge in [0.1, 0.15) is 0 Å². The molecule has 2 atom stereocenters. The number of nitrogens with two attached hydrogens (primary N) is 1. The monoisotopic (exact) mass is 304 g/mol. The van der Waals surface area contributed by atoms with Gasteiger partial charge in [0.05, 0.1) is 6.04 Å². The molecule has 0 bridgehead atoms. The summed E-state index contributed by atoms with van der Waals surface area (Å²) in [5, 5.41) is 2.91. The minimum absolute atomic E-state index is 0.0198. The van der Waals surface area contributed by atoms with Gasteiger partial charge in [-0.05, 0) is 19.8 Å². The minimum atomic E-state index is -0.585. The van der Waals surface area contributed by atoms with Crippen LogP contribution in [0, 0.1) is 0 Å². The molecule has 2 aliphatic heterocycles. The van der Waals surface area contributed by atoms with E-state index in [-0.39, 0.29) is 23.8 Å². The maximum absolute atomic E-state index is 12.0. The number of hydrogen-bond acceptors (Lipinski definition) is 5. The van der Waals surface area contributed by atoms with Crippen molar-refractivity contribution in [2.24, 2.45) is 5.73 Å². The molecule has 2 unspecified atom stereocenters. The van der Waals surface area contributed by atoms with Gasteiger partial charge in [0.15, 0.2) is 11.5 Å². The fraction of sp³-hybridized carbons (Fsp3) is 0.571. The third-order valence-corrected chi connectivity index (χ3v) is 4.15.